The molecule has 0 unspecified atom stereocenters. The maximum atomic E-state index is 14.5. The van der Waals surface area contributed by atoms with Gasteiger partial charge in [-0.05, 0) is 60.2 Å². The topological polar surface area (TPSA) is 79.1 Å². The SMILES string of the molecule is Cc1cc(O)c(-c2ccc(CCN)c(F)c2)c2c1[nH]c(=O)c1sccc12.Cl. The zero-order valence-corrected chi connectivity index (χ0v) is 16.1. The Morgan fingerprint density at radius 3 is 2.74 bits per heavy atom. The summed E-state index contributed by atoms with van der Waals surface area (Å²) in [4.78, 5) is 15.2. The Balaban J connectivity index is 0.00000210. The van der Waals surface area contributed by atoms with Crippen molar-refractivity contribution in [3.63, 3.8) is 0 Å². The molecule has 7 heteroatoms. The minimum absolute atomic E-state index is 0. The quantitative estimate of drug-likeness (QED) is 0.470. The van der Waals surface area contributed by atoms with Gasteiger partial charge in [-0.15, -0.1) is 23.7 Å². The number of nitrogens with two attached hydrogens (primary N) is 1. The molecule has 27 heavy (non-hydrogen) atoms. The van der Waals surface area contributed by atoms with Crippen molar-refractivity contribution in [3.05, 3.63) is 63.0 Å². The van der Waals surface area contributed by atoms with Crippen LogP contribution in [0.2, 0.25) is 0 Å². The van der Waals surface area contributed by atoms with Crippen molar-refractivity contribution in [1.29, 1.82) is 0 Å². The minimum atomic E-state index is -0.355. The van der Waals surface area contributed by atoms with Gasteiger partial charge in [-0.2, -0.15) is 0 Å². The standard InChI is InChI=1S/C20H17FN2O2S.ClH/c1-10-8-15(24)16(12-3-2-11(4-6-22)14(21)9-12)17-13-5-7-26-19(13)20(25)23-18(10)17;/h2-3,5,7-9,24H,4,6,22H2,1H3,(H,23,25);1H. The maximum absolute atomic E-state index is 14.5. The Bertz CT molecular complexity index is 1220. The van der Waals surface area contributed by atoms with Gasteiger partial charge in [-0.1, -0.05) is 12.1 Å². The minimum Gasteiger partial charge on any atom is -0.507 e. The van der Waals surface area contributed by atoms with Crippen LogP contribution in [-0.4, -0.2) is 16.6 Å². The summed E-state index contributed by atoms with van der Waals surface area (Å²) in [5, 5.41) is 14.0. The molecule has 0 fully saturated rings. The van der Waals surface area contributed by atoms with Crippen molar-refractivity contribution in [2.45, 2.75) is 13.3 Å². The van der Waals surface area contributed by atoms with Crippen LogP contribution in [0.4, 0.5) is 4.39 Å². The molecule has 4 aromatic rings. The van der Waals surface area contributed by atoms with Crippen molar-refractivity contribution in [1.82, 2.24) is 4.98 Å². The van der Waals surface area contributed by atoms with E-state index < -0.39 is 0 Å². The third-order valence-electron chi connectivity index (χ3n) is 4.64. The van der Waals surface area contributed by atoms with Crippen molar-refractivity contribution in [2.24, 2.45) is 5.73 Å². The fourth-order valence-corrected chi connectivity index (χ4v) is 4.23. The first-order valence-corrected chi connectivity index (χ1v) is 9.14. The monoisotopic (exact) mass is 404 g/mol. The van der Waals surface area contributed by atoms with E-state index in [9.17, 15) is 14.3 Å². The van der Waals surface area contributed by atoms with Crippen LogP contribution in [0.1, 0.15) is 11.1 Å². The van der Waals surface area contributed by atoms with Crippen LogP contribution >= 0.6 is 23.7 Å². The summed E-state index contributed by atoms with van der Waals surface area (Å²) in [6.07, 6.45) is 0.453. The molecule has 4 N–H and O–H groups in total. The molecule has 0 amide bonds. The number of thiophene rings is 1. The smallest absolute Gasteiger partial charge is 0.266 e. The second-order valence-electron chi connectivity index (χ2n) is 6.30. The van der Waals surface area contributed by atoms with Crippen LogP contribution in [0, 0.1) is 12.7 Å². The molecular formula is C20H18ClFN2O2S. The highest BCUT2D eigenvalue weighted by Gasteiger charge is 2.18. The molecule has 2 aromatic heterocycles. The molecule has 0 saturated carbocycles. The van der Waals surface area contributed by atoms with Crippen molar-refractivity contribution in [3.8, 4) is 16.9 Å². The summed E-state index contributed by atoms with van der Waals surface area (Å²) in [7, 11) is 0. The van der Waals surface area contributed by atoms with Crippen LogP contribution in [0.25, 0.3) is 32.1 Å². The van der Waals surface area contributed by atoms with Crippen molar-refractivity contribution in [2.75, 3.05) is 6.54 Å². The number of rotatable bonds is 3. The third-order valence-corrected chi connectivity index (χ3v) is 5.55. The third kappa shape index (κ3) is 3.10. The number of fused-ring (bicyclic) bond motifs is 3. The number of benzene rings is 2. The number of H-pyrrole nitrogens is 1. The highest BCUT2D eigenvalue weighted by atomic mass is 35.5. The van der Waals surface area contributed by atoms with Crippen LogP contribution in [-0.2, 0) is 6.42 Å². The molecule has 0 spiro atoms. The summed E-state index contributed by atoms with van der Waals surface area (Å²) in [6.45, 7) is 2.19. The van der Waals surface area contributed by atoms with Crippen LogP contribution < -0.4 is 11.3 Å². The molecule has 4 rings (SSSR count). The van der Waals surface area contributed by atoms with Gasteiger partial charge in [0.1, 0.15) is 16.3 Å². The molecule has 0 aliphatic heterocycles. The van der Waals surface area contributed by atoms with Crippen molar-refractivity contribution >= 4 is 44.7 Å². The van der Waals surface area contributed by atoms with Gasteiger partial charge in [0.2, 0.25) is 0 Å². The molecule has 0 bridgehead atoms. The van der Waals surface area contributed by atoms with E-state index in [4.69, 9.17) is 5.73 Å². The number of phenols is 1. The molecule has 2 heterocycles. The van der Waals surface area contributed by atoms with E-state index in [1.807, 2.05) is 18.4 Å². The van der Waals surface area contributed by atoms with E-state index in [2.05, 4.69) is 4.98 Å². The first-order valence-electron chi connectivity index (χ1n) is 8.26. The van der Waals surface area contributed by atoms with Crippen LogP contribution in [0.5, 0.6) is 5.75 Å². The summed E-state index contributed by atoms with van der Waals surface area (Å²) in [6, 6.07) is 8.34. The van der Waals surface area contributed by atoms with E-state index in [1.54, 1.807) is 18.2 Å². The van der Waals surface area contributed by atoms with E-state index in [1.165, 1.54) is 17.4 Å². The predicted molar refractivity (Wildman–Crippen MR) is 112 cm³/mol. The summed E-state index contributed by atoms with van der Waals surface area (Å²) < 4.78 is 15.0. The summed E-state index contributed by atoms with van der Waals surface area (Å²) >= 11 is 1.34. The zero-order chi connectivity index (χ0) is 18.4. The number of aromatic hydroxyl groups is 1. The number of aryl methyl sites for hydroxylation is 1. The lowest BCUT2D eigenvalue weighted by atomic mass is 9.94. The lowest BCUT2D eigenvalue weighted by molar-refractivity contribution is 0.477. The molecule has 0 atom stereocenters. The summed E-state index contributed by atoms with van der Waals surface area (Å²) in [5.74, 6) is -0.299. The Morgan fingerprint density at radius 2 is 2.04 bits per heavy atom. The van der Waals surface area contributed by atoms with Gasteiger partial charge in [0, 0.05) is 16.3 Å². The van der Waals surface area contributed by atoms with Gasteiger partial charge in [0.25, 0.3) is 5.56 Å². The molecule has 140 valence electrons. The van der Waals surface area contributed by atoms with Gasteiger partial charge < -0.3 is 15.8 Å². The molecule has 2 aromatic carbocycles. The average molecular weight is 405 g/mol. The first-order chi connectivity index (χ1) is 12.5. The zero-order valence-electron chi connectivity index (χ0n) is 14.5. The Kier molecular flexibility index (Phi) is 5.24. The first kappa shape index (κ1) is 19.4. The number of hydrogen-bond acceptors (Lipinski definition) is 4. The number of pyridine rings is 1. The highest BCUT2D eigenvalue weighted by Crippen LogP contribution is 2.41. The predicted octanol–water partition coefficient (Wildman–Crippen LogP) is 4.49. The molecule has 0 radical (unpaired) electrons. The number of hydrogen-bond donors (Lipinski definition) is 3. The lowest BCUT2D eigenvalue weighted by Crippen LogP contribution is -2.06. The van der Waals surface area contributed by atoms with Gasteiger partial charge in [0.05, 0.1) is 5.52 Å². The van der Waals surface area contributed by atoms with Gasteiger partial charge >= 0.3 is 0 Å². The van der Waals surface area contributed by atoms with E-state index in [0.29, 0.717) is 39.9 Å². The number of halogens is 2. The second-order valence-corrected chi connectivity index (χ2v) is 7.22. The molecule has 0 aliphatic carbocycles. The number of aromatic amines is 1. The van der Waals surface area contributed by atoms with Gasteiger partial charge in [0.15, 0.2) is 0 Å². The van der Waals surface area contributed by atoms with E-state index in [-0.39, 0.29) is 29.5 Å². The maximum Gasteiger partial charge on any atom is 0.266 e. The lowest BCUT2D eigenvalue weighted by Gasteiger charge is -2.14. The molecular weight excluding hydrogens is 387 g/mol. The Morgan fingerprint density at radius 1 is 1.26 bits per heavy atom. The number of aromatic nitrogens is 1. The van der Waals surface area contributed by atoms with Gasteiger partial charge in [-0.25, -0.2) is 4.39 Å². The Hall–Kier alpha value is -2.41. The molecule has 4 nitrogen and oxygen atoms in total. The fraction of sp³-hybridized carbons (Fsp3) is 0.150. The number of nitrogens with one attached hydrogen (secondary N) is 1. The van der Waals surface area contributed by atoms with Crippen LogP contribution in [0.3, 0.4) is 0 Å². The molecule has 0 saturated heterocycles. The number of phenolic OH excluding ortho intramolecular Hbond substituents is 1. The molecule has 0 aliphatic rings. The highest BCUT2D eigenvalue weighted by molar-refractivity contribution is 7.17. The summed E-state index contributed by atoms with van der Waals surface area (Å²) in [5.41, 5.74) is 8.39. The fourth-order valence-electron chi connectivity index (χ4n) is 3.44. The van der Waals surface area contributed by atoms with E-state index in [0.717, 1.165) is 16.3 Å². The van der Waals surface area contributed by atoms with Crippen LogP contribution in [0.15, 0.2) is 40.5 Å². The van der Waals surface area contributed by atoms with E-state index >= 15 is 0 Å². The average Bonchev–Trinajstić information content (AvgIpc) is 3.09. The van der Waals surface area contributed by atoms with Gasteiger partial charge in [-0.3, -0.25) is 4.79 Å². The normalized spacial score (nSPS) is 11.1. The Labute approximate surface area is 164 Å². The largest absolute Gasteiger partial charge is 0.507 e. The van der Waals surface area contributed by atoms with Crippen molar-refractivity contribution < 1.29 is 9.50 Å². The second kappa shape index (κ2) is 7.31.